The van der Waals surface area contributed by atoms with Crippen LogP contribution in [0.3, 0.4) is 0 Å². The highest BCUT2D eigenvalue weighted by molar-refractivity contribution is 5.94. The van der Waals surface area contributed by atoms with Crippen LogP contribution in [0.5, 0.6) is 0 Å². The van der Waals surface area contributed by atoms with Gasteiger partial charge in [-0.15, -0.1) is 0 Å². The zero-order valence-electron chi connectivity index (χ0n) is 17.1. The SMILES string of the molecule is CN(C)c1ncccc1CNC(=O)c1ccc(CNC(=O)OC(C)(C)C)cc1. The summed E-state index contributed by atoms with van der Waals surface area (Å²) in [4.78, 5) is 30.3. The summed E-state index contributed by atoms with van der Waals surface area (Å²) in [5.74, 6) is 0.659. The molecule has 7 nitrogen and oxygen atoms in total. The number of ether oxygens (including phenoxy) is 1. The van der Waals surface area contributed by atoms with Gasteiger partial charge in [0.05, 0.1) is 0 Å². The monoisotopic (exact) mass is 384 g/mol. The molecular weight excluding hydrogens is 356 g/mol. The third-order valence-corrected chi connectivity index (χ3v) is 3.78. The topological polar surface area (TPSA) is 83.6 Å². The quantitative estimate of drug-likeness (QED) is 0.800. The van der Waals surface area contributed by atoms with E-state index in [4.69, 9.17) is 4.74 Å². The van der Waals surface area contributed by atoms with Crippen molar-refractivity contribution in [1.82, 2.24) is 15.6 Å². The van der Waals surface area contributed by atoms with Crippen molar-refractivity contribution >= 4 is 17.8 Å². The minimum absolute atomic E-state index is 0.166. The summed E-state index contributed by atoms with van der Waals surface area (Å²) in [6, 6.07) is 10.9. The molecule has 2 amide bonds. The Morgan fingerprint density at radius 2 is 1.71 bits per heavy atom. The molecular formula is C21H28N4O3. The van der Waals surface area contributed by atoms with Crippen LogP contribution in [-0.4, -0.2) is 36.7 Å². The molecule has 2 aromatic rings. The molecule has 0 atom stereocenters. The zero-order valence-corrected chi connectivity index (χ0v) is 17.1. The van der Waals surface area contributed by atoms with Gasteiger partial charge in [-0.1, -0.05) is 18.2 Å². The van der Waals surface area contributed by atoms with E-state index in [1.54, 1.807) is 18.3 Å². The number of alkyl carbamates (subject to hydrolysis) is 1. The van der Waals surface area contributed by atoms with Gasteiger partial charge in [-0.3, -0.25) is 4.79 Å². The summed E-state index contributed by atoms with van der Waals surface area (Å²) in [5, 5.41) is 5.60. The molecule has 0 spiro atoms. The smallest absolute Gasteiger partial charge is 0.407 e. The van der Waals surface area contributed by atoms with E-state index in [9.17, 15) is 9.59 Å². The molecule has 1 aromatic heterocycles. The Kier molecular flexibility index (Phi) is 6.98. The maximum absolute atomic E-state index is 12.4. The fourth-order valence-corrected chi connectivity index (χ4v) is 2.51. The van der Waals surface area contributed by atoms with Crippen LogP contribution in [0.15, 0.2) is 42.6 Å². The number of carbonyl (C=O) groups is 2. The highest BCUT2D eigenvalue weighted by Gasteiger charge is 2.15. The van der Waals surface area contributed by atoms with Gasteiger partial charge in [-0.25, -0.2) is 9.78 Å². The minimum Gasteiger partial charge on any atom is -0.444 e. The van der Waals surface area contributed by atoms with Gasteiger partial charge >= 0.3 is 6.09 Å². The first kappa shape index (κ1) is 21.2. The molecule has 0 unspecified atom stereocenters. The lowest BCUT2D eigenvalue weighted by Gasteiger charge is -2.19. The van der Waals surface area contributed by atoms with E-state index >= 15 is 0 Å². The lowest BCUT2D eigenvalue weighted by molar-refractivity contribution is 0.0523. The van der Waals surface area contributed by atoms with Crippen molar-refractivity contribution in [3.8, 4) is 0 Å². The molecule has 7 heteroatoms. The zero-order chi connectivity index (χ0) is 20.7. The number of pyridine rings is 1. The van der Waals surface area contributed by atoms with Gasteiger partial charge in [0.2, 0.25) is 0 Å². The first-order chi connectivity index (χ1) is 13.2. The number of aromatic nitrogens is 1. The summed E-state index contributed by atoms with van der Waals surface area (Å²) < 4.78 is 5.20. The predicted octanol–water partition coefficient (Wildman–Crippen LogP) is 3.10. The van der Waals surface area contributed by atoms with Crippen LogP contribution in [0.4, 0.5) is 10.6 Å². The standard InChI is InChI=1S/C21H28N4O3/c1-21(2,3)28-20(27)24-13-15-8-10-16(11-9-15)19(26)23-14-17-7-6-12-22-18(17)25(4)5/h6-12H,13-14H2,1-5H3,(H,23,26)(H,24,27). The van der Waals surface area contributed by atoms with E-state index in [0.717, 1.165) is 16.9 Å². The molecule has 0 aliphatic rings. The second-order valence-corrected chi connectivity index (χ2v) is 7.62. The van der Waals surface area contributed by atoms with Crippen molar-refractivity contribution < 1.29 is 14.3 Å². The van der Waals surface area contributed by atoms with Gasteiger partial charge in [0, 0.05) is 44.5 Å². The Bertz CT molecular complexity index is 811. The summed E-state index contributed by atoms with van der Waals surface area (Å²) in [7, 11) is 3.83. The average Bonchev–Trinajstić information content (AvgIpc) is 2.63. The summed E-state index contributed by atoms with van der Waals surface area (Å²) in [6.07, 6.45) is 1.26. The van der Waals surface area contributed by atoms with Gasteiger partial charge < -0.3 is 20.3 Å². The van der Waals surface area contributed by atoms with Gasteiger partial charge in [0.15, 0.2) is 0 Å². The molecule has 2 rings (SSSR count). The third kappa shape index (κ3) is 6.57. The number of hydrogen-bond donors (Lipinski definition) is 2. The molecule has 150 valence electrons. The number of benzene rings is 1. The summed E-state index contributed by atoms with van der Waals surface area (Å²) in [6.45, 7) is 6.16. The van der Waals surface area contributed by atoms with Gasteiger partial charge in [-0.05, 0) is 44.5 Å². The highest BCUT2D eigenvalue weighted by atomic mass is 16.6. The lowest BCUT2D eigenvalue weighted by Crippen LogP contribution is -2.32. The lowest BCUT2D eigenvalue weighted by atomic mass is 10.1. The van der Waals surface area contributed by atoms with Crippen LogP contribution in [0, 0.1) is 0 Å². The Hall–Kier alpha value is -3.09. The maximum Gasteiger partial charge on any atom is 0.407 e. The first-order valence-corrected chi connectivity index (χ1v) is 9.11. The van der Waals surface area contributed by atoms with Crippen LogP contribution in [0.2, 0.25) is 0 Å². The molecule has 0 radical (unpaired) electrons. The van der Waals surface area contributed by atoms with Gasteiger partial charge in [-0.2, -0.15) is 0 Å². The van der Waals surface area contributed by atoms with E-state index in [1.807, 2.05) is 64.0 Å². The number of amides is 2. The van der Waals surface area contributed by atoms with Gasteiger partial charge in [0.1, 0.15) is 11.4 Å². The molecule has 0 saturated carbocycles. The molecule has 1 aromatic carbocycles. The first-order valence-electron chi connectivity index (χ1n) is 9.11. The van der Waals surface area contributed by atoms with E-state index in [1.165, 1.54) is 0 Å². The van der Waals surface area contributed by atoms with E-state index < -0.39 is 11.7 Å². The molecule has 28 heavy (non-hydrogen) atoms. The fourth-order valence-electron chi connectivity index (χ4n) is 2.51. The molecule has 0 fully saturated rings. The number of hydrogen-bond acceptors (Lipinski definition) is 5. The normalized spacial score (nSPS) is 10.9. The van der Waals surface area contributed by atoms with Crippen molar-refractivity contribution in [2.24, 2.45) is 0 Å². The molecule has 1 heterocycles. The second kappa shape index (κ2) is 9.21. The average molecular weight is 384 g/mol. The van der Waals surface area contributed by atoms with Crippen molar-refractivity contribution in [3.05, 3.63) is 59.3 Å². The number of nitrogens with zero attached hydrogens (tertiary/aromatic N) is 2. The molecule has 0 bridgehead atoms. The van der Waals surface area contributed by atoms with Crippen molar-refractivity contribution in [2.75, 3.05) is 19.0 Å². The molecule has 0 aliphatic heterocycles. The molecule has 0 saturated heterocycles. The Morgan fingerprint density at radius 1 is 1.04 bits per heavy atom. The van der Waals surface area contributed by atoms with Crippen LogP contribution >= 0.6 is 0 Å². The fraction of sp³-hybridized carbons (Fsp3) is 0.381. The van der Waals surface area contributed by atoms with Crippen LogP contribution < -0.4 is 15.5 Å². The summed E-state index contributed by atoms with van der Waals surface area (Å²) in [5.41, 5.74) is 1.84. The van der Waals surface area contributed by atoms with Crippen molar-refractivity contribution in [3.63, 3.8) is 0 Å². The Morgan fingerprint density at radius 3 is 2.32 bits per heavy atom. The predicted molar refractivity (Wildman–Crippen MR) is 109 cm³/mol. The van der Waals surface area contributed by atoms with E-state index in [-0.39, 0.29) is 5.91 Å². The Balaban J connectivity index is 1.89. The van der Waals surface area contributed by atoms with Crippen LogP contribution in [0.1, 0.15) is 42.3 Å². The van der Waals surface area contributed by atoms with Crippen molar-refractivity contribution in [2.45, 2.75) is 39.5 Å². The molecule has 0 aliphatic carbocycles. The Labute approximate surface area is 166 Å². The van der Waals surface area contributed by atoms with Crippen LogP contribution in [-0.2, 0) is 17.8 Å². The number of anilines is 1. The second-order valence-electron chi connectivity index (χ2n) is 7.62. The maximum atomic E-state index is 12.4. The number of nitrogens with one attached hydrogen (secondary N) is 2. The minimum atomic E-state index is -0.535. The van der Waals surface area contributed by atoms with Crippen molar-refractivity contribution in [1.29, 1.82) is 0 Å². The summed E-state index contributed by atoms with van der Waals surface area (Å²) >= 11 is 0. The third-order valence-electron chi connectivity index (χ3n) is 3.78. The number of carbonyl (C=O) groups excluding carboxylic acids is 2. The van der Waals surface area contributed by atoms with E-state index in [2.05, 4.69) is 15.6 Å². The largest absolute Gasteiger partial charge is 0.444 e. The number of rotatable bonds is 6. The van der Waals surface area contributed by atoms with Crippen LogP contribution in [0.25, 0.3) is 0 Å². The molecule has 2 N–H and O–H groups in total. The van der Waals surface area contributed by atoms with E-state index in [0.29, 0.717) is 18.7 Å². The van der Waals surface area contributed by atoms with Gasteiger partial charge in [0.25, 0.3) is 5.91 Å². The highest BCUT2D eigenvalue weighted by Crippen LogP contribution is 2.14.